The molecule has 0 radical (unpaired) electrons. The highest BCUT2D eigenvalue weighted by molar-refractivity contribution is 6.00. The maximum absolute atomic E-state index is 13.0. The lowest BCUT2D eigenvalue weighted by molar-refractivity contribution is -0.140. The highest BCUT2D eigenvalue weighted by atomic mass is 16.2. The molecule has 1 saturated heterocycles. The lowest BCUT2D eigenvalue weighted by Crippen LogP contribution is -2.53. The van der Waals surface area contributed by atoms with E-state index >= 15 is 0 Å². The zero-order valence-corrected chi connectivity index (χ0v) is 14.9. The Balaban J connectivity index is 1.45. The van der Waals surface area contributed by atoms with Crippen molar-refractivity contribution in [2.45, 2.75) is 31.2 Å². The van der Waals surface area contributed by atoms with Gasteiger partial charge in [0.2, 0.25) is 11.8 Å². The Morgan fingerprint density at radius 1 is 1.19 bits per heavy atom. The van der Waals surface area contributed by atoms with Crippen LogP contribution in [0.5, 0.6) is 0 Å². The van der Waals surface area contributed by atoms with Crippen molar-refractivity contribution in [3.05, 3.63) is 60.4 Å². The van der Waals surface area contributed by atoms with Gasteiger partial charge in [0, 0.05) is 37.6 Å². The molecule has 3 atom stereocenters. The fourth-order valence-corrected chi connectivity index (χ4v) is 3.93. The van der Waals surface area contributed by atoms with Gasteiger partial charge in [-0.05, 0) is 48.9 Å². The van der Waals surface area contributed by atoms with Crippen LogP contribution in [0.25, 0.3) is 0 Å². The third-order valence-corrected chi connectivity index (χ3v) is 5.51. The van der Waals surface area contributed by atoms with Crippen molar-refractivity contribution < 1.29 is 9.59 Å². The molecule has 0 spiro atoms. The van der Waals surface area contributed by atoms with Gasteiger partial charge in [-0.15, -0.1) is 0 Å². The number of para-hydroxylation sites is 1. The Morgan fingerprint density at radius 2 is 2.00 bits per heavy atom. The summed E-state index contributed by atoms with van der Waals surface area (Å²) in [5.41, 5.74) is 2.02. The van der Waals surface area contributed by atoms with Crippen LogP contribution in [0.2, 0.25) is 0 Å². The maximum atomic E-state index is 13.0. The van der Waals surface area contributed by atoms with Gasteiger partial charge in [0.1, 0.15) is 6.04 Å². The van der Waals surface area contributed by atoms with Gasteiger partial charge in [-0.3, -0.25) is 14.6 Å². The highest BCUT2D eigenvalue weighted by Gasteiger charge is 2.47. The van der Waals surface area contributed by atoms with E-state index < -0.39 is 0 Å². The molecule has 2 heterocycles. The SMILES string of the molecule is CN(C(=O)C1CC1c1cccnc1)C1CCCN(c2ccccc2)C1=O. The fraction of sp³-hybridized carbons (Fsp3) is 0.381. The maximum Gasteiger partial charge on any atom is 0.249 e. The molecule has 5 heteroatoms. The van der Waals surface area contributed by atoms with E-state index in [-0.39, 0.29) is 29.7 Å². The van der Waals surface area contributed by atoms with Crippen LogP contribution in [-0.2, 0) is 9.59 Å². The van der Waals surface area contributed by atoms with E-state index in [1.54, 1.807) is 18.1 Å². The van der Waals surface area contributed by atoms with Gasteiger partial charge in [0.05, 0.1) is 0 Å². The number of nitrogens with zero attached hydrogens (tertiary/aromatic N) is 3. The lowest BCUT2D eigenvalue weighted by Gasteiger charge is -2.37. The van der Waals surface area contributed by atoms with Crippen molar-refractivity contribution in [3.63, 3.8) is 0 Å². The second-order valence-corrected chi connectivity index (χ2v) is 7.17. The van der Waals surface area contributed by atoms with E-state index in [1.165, 1.54) is 0 Å². The third kappa shape index (κ3) is 3.09. The summed E-state index contributed by atoms with van der Waals surface area (Å²) >= 11 is 0. The molecule has 1 aliphatic carbocycles. The smallest absolute Gasteiger partial charge is 0.249 e. The Labute approximate surface area is 153 Å². The lowest BCUT2D eigenvalue weighted by atomic mass is 10.0. The minimum absolute atomic E-state index is 0.0240. The molecule has 0 N–H and O–H groups in total. The summed E-state index contributed by atoms with van der Waals surface area (Å²) in [5, 5.41) is 0. The average molecular weight is 349 g/mol. The van der Waals surface area contributed by atoms with E-state index in [4.69, 9.17) is 0 Å². The Kier molecular flexibility index (Phi) is 4.45. The van der Waals surface area contributed by atoms with Gasteiger partial charge < -0.3 is 9.80 Å². The predicted octanol–water partition coefficient (Wildman–Crippen LogP) is 2.84. The monoisotopic (exact) mass is 349 g/mol. The molecule has 2 aromatic rings. The number of hydrogen-bond donors (Lipinski definition) is 0. The van der Waals surface area contributed by atoms with Gasteiger partial charge in [0.15, 0.2) is 0 Å². The molecule has 0 bridgehead atoms. The Hall–Kier alpha value is -2.69. The van der Waals surface area contributed by atoms with E-state index in [2.05, 4.69) is 4.98 Å². The standard InChI is InChI=1S/C21H23N3O2/c1-23(20(25)18-13-17(18)15-7-5-11-22-14-15)19-10-6-12-24(21(19)26)16-8-3-2-4-9-16/h2-5,7-9,11,14,17-19H,6,10,12-13H2,1H3. The number of aromatic nitrogens is 1. The molecular formula is C21H23N3O2. The molecule has 2 aliphatic rings. The molecule has 1 saturated carbocycles. The minimum Gasteiger partial charge on any atom is -0.333 e. The van der Waals surface area contributed by atoms with Gasteiger partial charge in [-0.25, -0.2) is 0 Å². The number of likely N-dealkylation sites (N-methyl/N-ethyl adjacent to an activating group) is 1. The Morgan fingerprint density at radius 3 is 2.73 bits per heavy atom. The molecule has 26 heavy (non-hydrogen) atoms. The van der Waals surface area contributed by atoms with Crippen LogP contribution in [-0.4, -0.2) is 41.3 Å². The Bertz CT molecular complexity index is 793. The second-order valence-electron chi connectivity index (χ2n) is 7.17. The number of anilines is 1. The summed E-state index contributed by atoms with van der Waals surface area (Å²) in [5.74, 6) is 0.315. The molecule has 3 unspecified atom stereocenters. The summed E-state index contributed by atoms with van der Waals surface area (Å²) in [6, 6.07) is 13.3. The van der Waals surface area contributed by atoms with Crippen molar-refractivity contribution in [1.82, 2.24) is 9.88 Å². The first-order valence-electron chi connectivity index (χ1n) is 9.20. The largest absolute Gasteiger partial charge is 0.333 e. The average Bonchev–Trinajstić information content (AvgIpc) is 3.49. The van der Waals surface area contributed by atoms with Crippen molar-refractivity contribution in [2.24, 2.45) is 5.92 Å². The molecule has 1 aliphatic heterocycles. The van der Waals surface area contributed by atoms with Gasteiger partial charge in [0.25, 0.3) is 0 Å². The predicted molar refractivity (Wildman–Crippen MR) is 99.7 cm³/mol. The van der Waals surface area contributed by atoms with E-state index in [0.29, 0.717) is 6.54 Å². The van der Waals surface area contributed by atoms with Crippen LogP contribution in [0.1, 0.15) is 30.7 Å². The zero-order valence-electron chi connectivity index (χ0n) is 14.9. The number of amides is 2. The van der Waals surface area contributed by atoms with Crippen molar-refractivity contribution in [2.75, 3.05) is 18.5 Å². The number of benzene rings is 1. The number of carbonyl (C=O) groups excluding carboxylic acids is 2. The molecule has 1 aromatic heterocycles. The van der Waals surface area contributed by atoms with Crippen LogP contribution >= 0.6 is 0 Å². The highest BCUT2D eigenvalue weighted by Crippen LogP contribution is 2.48. The molecule has 134 valence electrons. The van der Waals surface area contributed by atoms with Crippen molar-refractivity contribution in [1.29, 1.82) is 0 Å². The molecule has 1 aromatic carbocycles. The summed E-state index contributed by atoms with van der Waals surface area (Å²) in [4.78, 5) is 33.5. The number of rotatable bonds is 4. The third-order valence-electron chi connectivity index (χ3n) is 5.51. The second kappa shape index (κ2) is 6.90. The van der Waals surface area contributed by atoms with Crippen LogP contribution in [0, 0.1) is 5.92 Å². The first-order chi connectivity index (χ1) is 12.7. The van der Waals surface area contributed by atoms with Crippen LogP contribution in [0.4, 0.5) is 5.69 Å². The van der Waals surface area contributed by atoms with Gasteiger partial charge >= 0.3 is 0 Å². The molecule has 5 nitrogen and oxygen atoms in total. The van der Waals surface area contributed by atoms with Gasteiger partial charge in [-0.1, -0.05) is 24.3 Å². The number of pyridine rings is 1. The minimum atomic E-state index is -0.369. The fourth-order valence-electron chi connectivity index (χ4n) is 3.93. The van der Waals surface area contributed by atoms with Crippen LogP contribution in [0.3, 0.4) is 0 Å². The molecule has 2 fully saturated rings. The van der Waals surface area contributed by atoms with Crippen LogP contribution < -0.4 is 4.90 Å². The van der Waals surface area contributed by atoms with Crippen molar-refractivity contribution in [3.8, 4) is 0 Å². The summed E-state index contributed by atoms with van der Waals surface area (Å²) < 4.78 is 0. The topological polar surface area (TPSA) is 53.5 Å². The zero-order chi connectivity index (χ0) is 18.1. The normalized spacial score (nSPS) is 25.0. The first-order valence-corrected chi connectivity index (χ1v) is 9.20. The number of piperidine rings is 1. The summed E-state index contributed by atoms with van der Waals surface area (Å²) in [7, 11) is 1.78. The quantitative estimate of drug-likeness (QED) is 0.853. The first kappa shape index (κ1) is 16.8. The van der Waals surface area contributed by atoms with E-state index in [1.807, 2.05) is 53.6 Å². The summed E-state index contributed by atoms with van der Waals surface area (Å²) in [6.45, 7) is 0.711. The van der Waals surface area contributed by atoms with Gasteiger partial charge in [-0.2, -0.15) is 0 Å². The molecular weight excluding hydrogens is 326 g/mol. The molecule has 4 rings (SSSR count). The molecule has 2 amide bonds. The van der Waals surface area contributed by atoms with E-state index in [0.717, 1.165) is 30.5 Å². The number of carbonyl (C=O) groups is 2. The van der Waals surface area contributed by atoms with E-state index in [9.17, 15) is 9.59 Å². The van der Waals surface area contributed by atoms with Crippen LogP contribution in [0.15, 0.2) is 54.9 Å². The number of hydrogen-bond acceptors (Lipinski definition) is 3. The summed E-state index contributed by atoms with van der Waals surface area (Å²) in [6.07, 6.45) is 6.06. The van der Waals surface area contributed by atoms with Crippen molar-refractivity contribution >= 4 is 17.5 Å².